The first-order valence-corrected chi connectivity index (χ1v) is 7.66. The molecule has 0 spiro atoms. The predicted octanol–water partition coefficient (Wildman–Crippen LogP) is 1.84. The number of benzene rings is 2. The second kappa shape index (κ2) is 8.05. The van der Waals surface area contributed by atoms with Crippen LogP contribution in [0.2, 0.25) is 0 Å². The van der Waals surface area contributed by atoms with Gasteiger partial charge in [-0.05, 0) is 31.4 Å². The van der Waals surface area contributed by atoms with Gasteiger partial charge in [0.2, 0.25) is 5.91 Å². The van der Waals surface area contributed by atoms with Gasteiger partial charge in [-0.25, -0.2) is 0 Å². The Morgan fingerprint density at radius 1 is 1.16 bits per heavy atom. The first-order valence-electron chi connectivity index (χ1n) is 7.66. The summed E-state index contributed by atoms with van der Waals surface area (Å²) < 4.78 is 0. The summed E-state index contributed by atoms with van der Waals surface area (Å²) in [4.78, 5) is 33.6. The lowest BCUT2D eigenvalue weighted by atomic mass is 9.94. The maximum atomic E-state index is 12.4. The topological polar surface area (TPSA) is 112 Å². The van der Waals surface area contributed by atoms with Crippen molar-refractivity contribution in [1.29, 1.82) is 0 Å². The zero-order valence-corrected chi connectivity index (χ0v) is 13.6. The number of rotatable bonds is 7. The third-order valence-corrected chi connectivity index (χ3v) is 3.71. The molecule has 0 aliphatic rings. The molecule has 2 aromatic rings. The summed E-state index contributed by atoms with van der Waals surface area (Å²) in [6.45, 7) is 1.93. The molecule has 0 aliphatic heterocycles. The second-order valence-corrected chi connectivity index (χ2v) is 5.76. The molecule has 0 aliphatic carbocycles. The number of carbonyl (C=O) groups is 2. The molecule has 0 unspecified atom stereocenters. The van der Waals surface area contributed by atoms with Crippen LogP contribution in [0.1, 0.15) is 17.5 Å². The molecule has 1 amide bonds. The van der Waals surface area contributed by atoms with Crippen molar-refractivity contribution in [2.75, 3.05) is 5.32 Å². The summed E-state index contributed by atoms with van der Waals surface area (Å²) in [5, 5.41) is 24.3. The van der Waals surface area contributed by atoms with E-state index in [1.54, 1.807) is 0 Å². The summed E-state index contributed by atoms with van der Waals surface area (Å²) >= 11 is 0. The number of nitro benzene ring substituents is 1. The number of nitrogens with one attached hydrogen (secondary N) is 1. The van der Waals surface area contributed by atoms with Crippen molar-refractivity contribution in [2.45, 2.75) is 19.8 Å². The number of hydrogen-bond acceptors (Lipinski definition) is 5. The summed E-state index contributed by atoms with van der Waals surface area (Å²) in [6, 6.07) is 12.9. The van der Waals surface area contributed by atoms with Crippen LogP contribution in [0.4, 0.5) is 11.4 Å². The highest BCUT2D eigenvalue weighted by Crippen LogP contribution is 2.20. The van der Waals surface area contributed by atoms with Crippen LogP contribution >= 0.6 is 0 Å². The van der Waals surface area contributed by atoms with Crippen LogP contribution < -0.4 is 10.4 Å². The van der Waals surface area contributed by atoms with E-state index in [0.717, 1.165) is 11.1 Å². The number of aryl methyl sites for hydroxylation is 1. The van der Waals surface area contributed by atoms with Crippen LogP contribution in [-0.2, 0) is 16.0 Å². The van der Waals surface area contributed by atoms with Crippen molar-refractivity contribution in [2.24, 2.45) is 5.92 Å². The maximum Gasteiger partial charge on any atom is 0.271 e. The SMILES string of the molecule is Cc1ccc(C[C@H](CC(=O)[O-])C(=O)Nc2cccc([N+](=O)[O-])c2)cc1. The van der Waals surface area contributed by atoms with Gasteiger partial charge in [0.05, 0.1) is 4.92 Å². The van der Waals surface area contributed by atoms with Crippen LogP contribution in [0.15, 0.2) is 48.5 Å². The molecule has 2 aromatic carbocycles. The Bertz CT molecular complexity index is 786. The number of hydrogen-bond donors (Lipinski definition) is 1. The van der Waals surface area contributed by atoms with Crippen LogP contribution in [0, 0.1) is 23.0 Å². The van der Waals surface area contributed by atoms with Gasteiger partial charge in [-0.15, -0.1) is 0 Å². The monoisotopic (exact) mass is 341 g/mol. The summed E-state index contributed by atoms with van der Waals surface area (Å²) in [5.74, 6) is -2.69. The fraction of sp³-hybridized carbons (Fsp3) is 0.222. The summed E-state index contributed by atoms with van der Waals surface area (Å²) in [5.41, 5.74) is 1.96. The van der Waals surface area contributed by atoms with Gasteiger partial charge in [0.1, 0.15) is 0 Å². The molecule has 0 aromatic heterocycles. The zero-order valence-electron chi connectivity index (χ0n) is 13.6. The Hall–Kier alpha value is -3.22. The Labute approximate surface area is 144 Å². The molecular formula is C18H17N2O5-. The lowest BCUT2D eigenvalue weighted by molar-refractivity contribution is -0.384. The van der Waals surface area contributed by atoms with Crippen LogP contribution in [0.25, 0.3) is 0 Å². The van der Waals surface area contributed by atoms with Crippen molar-refractivity contribution in [3.8, 4) is 0 Å². The molecule has 7 heteroatoms. The Kier molecular flexibility index (Phi) is 5.84. The molecule has 130 valence electrons. The lowest BCUT2D eigenvalue weighted by Gasteiger charge is -2.17. The number of carboxylic acids is 1. The first-order chi connectivity index (χ1) is 11.8. The van der Waals surface area contributed by atoms with E-state index in [0.29, 0.717) is 0 Å². The average Bonchev–Trinajstić information content (AvgIpc) is 2.56. The fourth-order valence-corrected chi connectivity index (χ4v) is 2.41. The molecule has 0 radical (unpaired) electrons. The van der Waals surface area contributed by atoms with Crippen molar-refractivity contribution < 1.29 is 19.6 Å². The maximum absolute atomic E-state index is 12.4. The first kappa shape index (κ1) is 18.1. The quantitative estimate of drug-likeness (QED) is 0.610. The van der Waals surface area contributed by atoms with Crippen LogP contribution in [0.3, 0.4) is 0 Å². The number of nitro groups is 1. The predicted molar refractivity (Wildman–Crippen MR) is 89.7 cm³/mol. The second-order valence-electron chi connectivity index (χ2n) is 5.76. The highest BCUT2D eigenvalue weighted by Gasteiger charge is 2.20. The summed E-state index contributed by atoms with van der Waals surface area (Å²) in [6.07, 6.45) is -0.205. The average molecular weight is 341 g/mol. The van der Waals surface area contributed by atoms with Gasteiger partial charge in [-0.2, -0.15) is 0 Å². The minimum Gasteiger partial charge on any atom is -0.550 e. The van der Waals surface area contributed by atoms with E-state index < -0.39 is 29.1 Å². The van der Waals surface area contributed by atoms with Crippen molar-refractivity contribution in [3.63, 3.8) is 0 Å². The Morgan fingerprint density at radius 2 is 1.84 bits per heavy atom. The van der Waals surface area contributed by atoms with E-state index >= 15 is 0 Å². The minimum absolute atomic E-state index is 0.159. The number of non-ortho nitro benzene ring substituents is 1. The largest absolute Gasteiger partial charge is 0.550 e. The highest BCUT2D eigenvalue weighted by molar-refractivity contribution is 5.94. The number of carbonyl (C=O) groups excluding carboxylic acids is 2. The van der Waals surface area contributed by atoms with Gasteiger partial charge >= 0.3 is 0 Å². The van der Waals surface area contributed by atoms with E-state index in [1.165, 1.54) is 24.3 Å². The standard InChI is InChI=1S/C18H18N2O5/c1-12-5-7-13(8-6-12)9-14(10-17(21)22)18(23)19-15-3-2-4-16(11-15)20(24)25/h2-8,11,14H,9-10H2,1H3,(H,19,23)(H,21,22)/p-1/t14-/m1/s1. The zero-order chi connectivity index (χ0) is 18.4. The third-order valence-electron chi connectivity index (χ3n) is 3.71. The number of carboxylic acid groups (broad SMARTS) is 1. The Balaban J connectivity index is 2.14. The van der Waals surface area contributed by atoms with Gasteiger partial charge in [-0.3, -0.25) is 14.9 Å². The number of anilines is 1. The van der Waals surface area contributed by atoms with Crippen molar-refractivity contribution in [1.82, 2.24) is 0 Å². The van der Waals surface area contributed by atoms with E-state index in [4.69, 9.17) is 0 Å². The van der Waals surface area contributed by atoms with E-state index in [9.17, 15) is 24.8 Å². The molecule has 7 nitrogen and oxygen atoms in total. The van der Waals surface area contributed by atoms with Gasteiger partial charge in [0, 0.05) is 29.7 Å². The van der Waals surface area contributed by atoms with Gasteiger partial charge in [-0.1, -0.05) is 35.9 Å². The summed E-state index contributed by atoms with van der Waals surface area (Å²) in [7, 11) is 0. The highest BCUT2D eigenvalue weighted by atomic mass is 16.6. The van der Waals surface area contributed by atoms with Crippen molar-refractivity contribution in [3.05, 3.63) is 69.8 Å². The number of aliphatic carboxylic acids is 1. The molecule has 0 saturated carbocycles. The molecule has 2 rings (SSSR count). The Morgan fingerprint density at radius 3 is 2.44 bits per heavy atom. The molecule has 25 heavy (non-hydrogen) atoms. The molecule has 0 heterocycles. The number of nitrogens with zero attached hydrogens (tertiary/aromatic N) is 1. The van der Waals surface area contributed by atoms with E-state index in [1.807, 2.05) is 31.2 Å². The van der Waals surface area contributed by atoms with Crippen LogP contribution in [-0.4, -0.2) is 16.8 Å². The molecule has 1 N–H and O–H groups in total. The smallest absolute Gasteiger partial charge is 0.271 e. The van der Waals surface area contributed by atoms with Crippen molar-refractivity contribution >= 4 is 23.3 Å². The van der Waals surface area contributed by atoms with Gasteiger partial charge < -0.3 is 15.2 Å². The molecular weight excluding hydrogens is 324 g/mol. The number of amides is 1. The molecule has 1 atom stereocenters. The third kappa shape index (κ3) is 5.42. The van der Waals surface area contributed by atoms with E-state index in [-0.39, 0.29) is 17.8 Å². The molecule has 0 fully saturated rings. The van der Waals surface area contributed by atoms with Crippen LogP contribution in [0.5, 0.6) is 0 Å². The normalized spacial score (nSPS) is 11.6. The molecule has 0 bridgehead atoms. The molecule has 0 saturated heterocycles. The minimum atomic E-state index is -1.33. The van der Waals surface area contributed by atoms with E-state index in [2.05, 4.69) is 5.32 Å². The lowest BCUT2D eigenvalue weighted by Crippen LogP contribution is -2.32. The fourth-order valence-electron chi connectivity index (χ4n) is 2.41. The van der Waals surface area contributed by atoms with Gasteiger partial charge in [0.15, 0.2) is 0 Å². The van der Waals surface area contributed by atoms with Gasteiger partial charge in [0.25, 0.3) is 5.69 Å².